The van der Waals surface area contributed by atoms with Crippen LogP contribution in [0.3, 0.4) is 0 Å². The Morgan fingerprint density at radius 2 is 1.75 bits per heavy atom. The molecular weight excluding hydrogens is 471 g/mol. The summed E-state index contributed by atoms with van der Waals surface area (Å²) in [5.74, 6) is -1.18. The smallest absolute Gasteiger partial charge is 0.295 e. The highest BCUT2D eigenvalue weighted by atomic mass is 127. The number of nitrogens with one attached hydrogen (secondary N) is 1. The lowest BCUT2D eigenvalue weighted by molar-refractivity contribution is -0.148. The van der Waals surface area contributed by atoms with Crippen molar-refractivity contribution in [3.8, 4) is 0 Å². The third-order valence-corrected chi connectivity index (χ3v) is 4.96. The maximum atomic E-state index is 12.9. The summed E-state index contributed by atoms with van der Waals surface area (Å²) < 4.78 is 6.32. The summed E-state index contributed by atoms with van der Waals surface area (Å²) in [4.78, 5) is 27.3. The molecule has 3 rings (SSSR count). The van der Waals surface area contributed by atoms with Crippen molar-refractivity contribution >= 4 is 40.0 Å². The van der Waals surface area contributed by atoms with Gasteiger partial charge in [-0.3, -0.25) is 9.59 Å². The summed E-state index contributed by atoms with van der Waals surface area (Å²) in [6.45, 7) is 6.28. The van der Waals surface area contributed by atoms with Gasteiger partial charge in [-0.2, -0.15) is 0 Å². The minimum Gasteiger partial charge on any atom is -0.351 e. The molecule has 7 heteroatoms. The fourth-order valence-electron chi connectivity index (χ4n) is 3.07. The van der Waals surface area contributed by atoms with E-state index in [0.717, 1.165) is 14.7 Å². The molecule has 2 aromatic carbocycles. The second-order valence-corrected chi connectivity index (χ2v) is 8.92. The average Bonchev–Trinajstić information content (AvgIpc) is 3.03. The van der Waals surface area contributed by atoms with Crippen LogP contribution in [0.15, 0.2) is 42.5 Å². The van der Waals surface area contributed by atoms with Gasteiger partial charge in [-0.05, 0) is 72.7 Å². The van der Waals surface area contributed by atoms with Crippen LogP contribution in [0.1, 0.15) is 42.3 Å². The summed E-state index contributed by atoms with van der Waals surface area (Å²) in [5, 5.41) is 12.9. The van der Waals surface area contributed by atoms with Crippen LogP contribution in [0.4, 0.5) is 5.69 Å². The van der Waals surface area contributed by atoms with E-state index in [2.05, 4.69) is 27.9 Å². The van der Waals surface area contributed by atoms with Crippen LogP contribution < -0.4 is 5.32 Å². The maximum Gasteiger partial charge on any atom is 0.295 e. The number of amides is 1. The molecule has 0 bridgehead atoms. The summed E-state index contributed by atoms with van der Waals surface area (Å²) in [7, 11) is 0. The number of fused-ring (bicyclic) bond motifs is 1. The number of rotatable bonds is 5. The molecule has 1 heterocycles. The fraction of sp³-hybridized carbons (Fsp3) is 0.333. The van der Waals surface area contributed by atoms with Crippen molar-refractivity contribution in [1.29, 1.82) is 0 Å². The number of hydrogen-bond acceptors (Lipinski definition) is 5. The molecule has 1 atom stereocenters. The molecule has 0 aliphatic carbocycles. The van der Waals surface area contributed by atoms with Gasteiger partial charge in [-0.1, -0.05) is 24.3 Å². The number of Topliss-reactive ketones (excluding diaryl/α,β-unsaturated/α-hetero) is 1. The van der Waals surface area contributed by atoms with E-state index in [0.29, 0.717) is 18.8 Å². The Morgan fingerprint density at radius 1 is 1.14 bits per heavy atom. The molecule has 2 aromatic rings. The van der Waals surface area contributed by atoms with Crippen molar-refractivity contribution in [2.45, 2.75) is 45.9 Å². The number of aliphatic hydroxyl groups excluding tert-OH is 1. The lowest BCUT2D eigenvalue weighted by Gasteiger charge is -2.25. The van der Waals surface area contributed by atoms with E-state index in [1.54, 1.807) is 18.2 Å². The molecule has 0 fully saturated rings. The predicted octanol–water partition coefficient (Wildman–Crippen LogP) is 3.52. The number of nitrogens with zero attached hydrogens (tertiary/aromatic N) is 1. The highest BCUT2D eigenvalue weighted by Gasteiger charge is 2.30. The van der Waals surface area contributed by atoms with Crippen LogP contribution in [0, 0.1) is 3.57 Å². The van der Waals surface area contributed by atoms with Crippen molar-refractivity contribution in [1.82, 2.24) is 4.90 Å². The van der Waals surface area contributed by atoms with Gasteiger partial charge in [0.2, 0.25) is 6.41 Å². The van der Waals surface area contributed by atoms with Gasteiger partial charge in [0, 0.05) is 16.7 Å². The molecule has 0 aromatic heterocycles. The summed E-state index contributed by atoms with van der Waals surface area (Å²) in [6, 6.07) is 12.8. The number of hydrogen-bond donors (Lipinski definition) is 2. The van der Waals surface area contributed by atoms with Crippen molar-refractivity contribution < 1.29 is 19.4 Å². The molecule has 1 unspecified atom stereocenters. The van der Waals surface area contributed by atoms with Gasteiger partial charge in [0.05, 0.1) is 16.9 Å². The van der Waals surface area contributed by atoms with Gasteiger partial charge in [0.25, 0.3) is 11.7 Å². The van der Waals surface area contributed by atoms with Crippen LogP contribution in [0.2, 0.25) is 0 Å². The van der Waals surface area contributed by atoms with E-state index in [-0.39, 0.29) is 5.56 Å². The topological polar surface area (TPSA) is 78.9 Å². The largest absolute Gasteiger partial charge is 0.351 e. The second kappa shape index (κ2) is 8.18. The molecule has 0 spiro atoms. The van der Waals surface area contributed by atoms with Crippen LogP contribution in [0.5, 0.6) is 0 Å². The van der Waals surface area contributed by atoms with Gasteiger partial charge in [0.1, 0.15) is 0 Å². The zero-order valence-electron chi connectivity index (χ0n) is 16.0. The average molecular weight is 494 g/mol. The van der Waals surface area contributed by atoms with E-state index in [1.807, 2.05) is 45.0 Å². The summed E-state index contributed by atoms with van der Waals surface area (Å²) in [5.41, 5.74) is 2.10. The molecular formula is C21H23IN2O4. The standard InChI is InChI=1S/C21H23IN2O4/c1-21(2,3)28-20(27)23-17-10-15(22)8-9-16(17)18(25)19(26)24-11-13-6-4-5-7-14(13)12-24/h4-10,20,23,27H,11-12H2,1-3H3. The molecule has 28 heavy (non-hydrogen) atoms. The lowest BCUT2D eigenvalue weighted by atomic mass is 10.1. The van der Waals surface area contributed by atoms with Crippen molar-refractivity contribution in [3.05, 3.63) is 62.7 Å². The van der Waals surface area contributed by atoms with Gasteiger partial charge in [-0.25, -0.2) is 0 Å². The first-order chi connectivity index (χ1) is 13.1. The number of anilines is 1. The number of ether oxygens (including phenoxy) is 1. The van der Waals surface area contributed by atoms with E-state index >= 15 is 0 Å². The number of benzene rings is 2. The highest BCUT2D eigenvalue weighted by Crippen LogP contribution is 2.26. The molecule has 6 nitrogen and oxygen atoms in total. The molecule has 1 amide bonds. The number of carbonyl (C=O) groups excluding carboxylic acids is 2. The Labute approximate surface area is 178 Å². The van der Waals surface area contributed by atoms with Gasteiger partial charge >= 0.3 is 0 Å². The van der Waals surface area contributed by atoms with Gasteiger partial charge in [-0.15, -0.1) is 0 Å². The maximum absolute atomic E-state index is 12.9. The number of aliphatic hydroxyl groups is 1. The predicted molar refractivity (Wildman–Crippen MR) is 115 cm³/mol. The normalized spacial score (nSPS) is 14.5. The van der Waals surface area contributed by atoms with E-state index in [4.69, 9.17) is 4.74 Å². The summed E-state index contributed by atoms with van der Waals surface area (Å²) in [6.07, 6.45) is -1.31. The van der Waals surface area contributed by atoms with Crippen molar-refractivity contribution in [2.75, 3.05) is 5.32 Å². The fourth-order valence-corrected chi connectivity index (χ4v) is 3.56. The molecule has 1 aliphatic rings. The SMILES string of the molecule is CC(C)(C)OC(O)Nc1cc(I)ccc1C(=O)C(=O)N1Cc2ccccc2C1. The summed E-state index contributed by atoms with van der Waals surface area (Å²) >= 11 is 2.11. The lowest BCUT2D eigenvalue weighted by Crippen LogP contribution is -2.35. The Hall–Kier alpha value is -1.97. The van der Waals surface area contributed by atoms with Crippen molar-refractivity contribution in [3.63, 3.8) is 0 Å². The molecule has 0 saturated heterocycles. The molecule has 2 N–H and O–H groups in total. The Kier molecular flexibility index (Phi) is 6.07. The first-order valence-corrected chi connectivity index (χ1v) is 10.0. The Balaban J connectivity index is 1.79. The van der Waals surface area contributed by atoms with Crippen molar-refractivity contribution in [2.24, 2.45) is 0 Å². The van der Waals surface area contributed by atoms with E-state index < -0.39 is 23.7 Å². The number of halogens is 1. The first kappa shape index (κ1) is 20.8. The zero-order valence-corrected chi connectivity index (χ0v) is 18.2. The van der Waals surface area contributed by atoms with E-state index in [1.165, 1.54) is 4.90 Å². The van der Waals surface area contributed by atoms with Crippen LogP contribution in [0.25, 0.3) is 0 Å². The molecule has 0 saturated carbocycles. The van der Waals surface area contributed by atoms with Crippen LogP contribution in [-0.4, -0.2) is 33.7 Å². The highest BCUT2D eigenvalue weighted by molar-refractivity contribution is 14.1. The third-order valence-electron chi connectivity index (χ3n) is 4.29. The zero-order chi connectivity index (χ0) is 20.5. The third kappa shape index (κ3) is 4.89. The minimum absolute atomic E-state index is 0.206. The minimum atomic E-state index is -1.31. The number of carbonyl (C=O) groups is 2. The second-order valence-electron chi connectivity index (χ2n) is 7.68. The first-order valence-electron chi connectivity index (χ1n) is 8.96. The molecule has 0 radical (unpaired) electrons. The molecule has 148 valence electrons. The van der Waals surface area contributed by atoms with Crippen LogP contribution in [-0.2, 0) is 22.6 Å². The van der Waals surface area contributed by atoms with Gasteiger partial charge < -0.3 is 20.1 Å². The van der Waals surface area contributed by atoms with Gasteiger partial charge in [0.15, 0.2) is 0 Å². The number of ketones is 1. The monoisotopic (exact) mass is 494 g/mol. The molecule has 1 aliphatic heterocycles. The quantitative estimate of drug-likeness (QED) is 0.288. The van der Waals surface area contributed by atoms with Crippen LogP contribution >= 0.6 is 22.6 Å². The Bertz CT molecular complexity index is 883. The van der Waals surface area contributed by atoms with E-state index in [9.17, 15) is 14.7 Å². The Morgan fingerprint density at radius 3 is 2.32 bits per heavy atom.